The van der Waals surface area contributed by atoms with Crippen molar-refractivity contribution >= 4 is 22.8 Å². The van der Waals surface area contributed by atoms with Crippen LogP contribution in [-0.4, -0.2) is 83.7 Å². The molecule has 1 aliphatic heterocycles. The van der Waals surface area contributed by atoms with Crippen LogP contribution in [0, 0.1) is 62.1 Å². The summed E-state index contributed by atoms with van der Waals surface area (Å²) in [7, 11) is 0. The molecule has 8 rings (SSSR count). The zero-order chi connectivity index (χ0) is 43.6. The molecule has 8 nitrogen and oxygen atoms in total. The van der Waals surface area contributed by atoms with Crippen LogP contribution in [0.2, 0.25) is 0 Å². The molecule has 0 radical (unpaired) electrons. The minimum Gasteiger partial charge on any atom is -0.481 e. The molecule has 8 heteroatoms. The number of carbonyl (C=O) groups excluding carboxylic acids is 1. The van der Waals surface area contributed by atoms with Crippen molar-refractivity contribution in [3.8, 4) is 0 Å². The standard InChI is InChI=1S/C53H80N4O4/c1-36(2)39-18-23-53(26-27-54-28-29-56-30-32-57(33-31-56)35-38-15-14-37-12-10-11-13-41(37)55-38)25-24-51(8)40(46(39)53)16-17-43-50(7)21-20-44(61-45(58)34-48(3,4)47(59)60)49(5,6)42(50)19-22-52(43,51)9/h10-15,39-40,42-44,46,54H,1,16-35H2,2-9H3,(H,59,60)/t39?,40-,42+,43-,44+,46-,50+,51-,52-,53-/m1/s1. The summed E-state index contributed by atoms with van der Waals surface area (Å²) in [6.07, 6.45) is 13.4. The van der Waals surface area contributed by atoms with Crippen LogP contribution in [0.4, 0.5) is 0 Å². The first-order chi connectivity index (χ1) is 28.8. The first-order valence-corrected chi connectivity index (χ1v) is 24.4. The van der Waals surface area contributed by atoms with Gasteiger partial charge in [0.05, 0.1) is 23.0 Å². The first kappa shape index (κ1) is 44.8. The molecule has 1 unspecified atom stereocenters. The van der Waals surface area contributed by atoms with E-state index in [1.807, 2.05) is 0 Å². The maximum atomic E-state index is 13.2. The van der Waals surface area contributed by atoms with Crippen LogP contribution in [-0.2, 0) is 20.9 Å². The van der Waals surface area contributed by atoms with E-state index in [0.717, 1.165) is 82.6 Å². The Bertz CT molecular complexity index is 1950. The normalized spacial score (nSPS) is 37.6. The van der Waals surface area contributed by atoms with Gasteiger partial charge in [-0.05, 0) is 161 Å². The number of rotatable bonds is 13. The van der Waals surface area contributed by atoms with E-state index in [-0.39, 0.29) is 34.7 Å². The number of esters is 1. The Morgan fingerprint density at radius 1 is 0.852 bits per heavy atom. The second kappa shape index (κ2) is 16.6. The molecule has 5 saturated carbocycles. The van der Waals surface area contributed by atoms with E-state index in [1.54, 1.807) is 13.8 Å². The highest BCUT2D eigenvalue weighted by Gasteiger charge is 2.71. The Morgan fingerprint density at radius 3 is 2.33 bits per heavy atom. The average Bonchev–Trinajstić information content (AvgIpc) is 3.59. The minimum atomic E-state index is -1.13. The number of piperazine rings is 1. The fraction of sp³-hybridized carbons (Fsp3) is 0.755. The Kier molecular flexibility index (Phi) is 12.2. The summed E-state index contributed by atoms with van der Waals surface area (Å²) in [5.41, 5.74) is 3.56. The van der Waals surface area contributed by atoms with Crippen molar-refractivity contribution in [3.05, 3.63) is 54.2 Å². The lowest BCUT2D eigenvalue weighted by atomic mass is 9.32. The van der Waals surface area contributed by atoms with Crippen molar-refractivity contribution in [1.29, 1.82) is 0 Å². The van der Waals surface area contributed by atoms with E-state index in [4.69, 9.17) is 9.72 Å². The number of carboxylic acid groups (broad SMARTS) is 1. The number of para-hydroxylation sites is 1. The van der Waals surface area contributed by atoms with Gasteiger partial charge in [-0.1, -0.05) is 71.0 Å². The molecule has 0 spiro atoms. The van der Waals surface area contributed by atoms with Gasteiger partial charge >= 0.3 is 11.9 Å². The van der Waals surface area contributed by atoms with E-state index < -0.39 is 11.4 Å². The molecule has 6 aliphatic rings. The smallest absolute Gasteiger partial charge is 0.309 e. The number of pyridine rings is 1. The maximum Gasteiger partial charge on any atom is 0.309 e. The quantitative estimate of drug-likeness (QED) is 0.117. The van der Waals surface area contributed by atoms with Gasteiger partial charge in [-0.2, -0.15) is 0 Å². The highest BCUT2D eigenvalue weighted by molar-refractivity contribution is 5.81. The number of aromatic nitrogens is 1. The van der Waals surface area contributed by atoms with E-state index in [9.17, 15) is 14.7 Å². The number of fused-ring (bicyclic) bond motifs is 8. The third kappa shape index (κ3) is 7.93. The second-order valence-corrected chi connectivity index (χ2v) is 23.4. The summed E-state index contributed by atoms with van der Waals surface area (Å²) in [6, 6.07) is 12.8. The molecule has 0 bridgehead atoms. The lowest BCUT2D eigenvalue weighted by Crippen LogP contribution is -2.66. The molecule has 6 fully saturated rings. The molecule has 0 amide bonds. The van der Waals surface area contributed by atoms with Crippen molar-refractivity contribution < 1.29 is 19.4 Å². The largest absolute Gasteiger partial charge is 0.481 e. The molecule has 1 saturated heterocycles. The van der Waals surface area contributed by atoms with E-state index in [1.165, 1.54) is 74.4 Å². The van der Waals surface area contributed by atoms with Crippen molar-refractivity contribution in [3.63, 3.8) is 0 Å². The molecule has 1 aromatic heterocycles. The van der Waals surface area contributed by atoms with Crippen LogP contribution in [0.1, 0.15) is 138 Å². The van der Waals surface area contributed by atoms with Crippen molar-refractivity contribution in [2.45, 2.75) is 145 Å². The molecule has 5 aliphatic carbocycles. The maximum absolute atomic E-state index is 13.2. The van der Waals surface area contributed by atoms with Gasteiger partial charge in [0.25, 0.3) is 0 Å². The lowest BCUT2D eigenvalue weighted by molar-refractivity contribution is -0.250. The van der Waals surface area contributed by atoms with Crippen LogP contribution < -0.4 is 5.32 Å². The highest BCUT2D eigenvalue weighted by atomic mass is 16.5. The van der Waals surface area contributed by atoms with Gasteiger partial charge in [0.1, 0.15) is 6.10 Å². The summed E-state index contributed by atoms with van der Waals surface area (Å²) < 4.78 is 6.23. The highest BCUT2D eigenvalue weighted by Crippen LogP contribution is 2.78. The molecular formula is C53H80N4O4. The number of carboxylic acids is 1. The summed E-state index contributed by atoms with van der Waals surface area (Å²) in [4.78, 5) is 35.1. The van der Waals surface area contributed by atoms with Gasteiger partial charge in [-0.15, -0.1) is 0 Å². The number of allylic oxidation sites excluding steroid dienone is 1. The van der Waals surface area contributed by atoms with Crippen LogP contribution in [0.3, 0.4) is 0 Å². The number of ether oxygens (including phenoxy) is 1. The number of carbonyl (C=O) groups is 2. The molecule has 336 valence electrons. The molecule has 1 aromatic carbocycles. The van der Waals surface area contributed by atoms with Crippen LogP contribution in [0.15, 0.2) is 48.6 Å². The Balaban J connectivity index is 0.876. The van der Waals surface area contributed by atoms with Crippen molar-refractivity contribution in [1.82, 2.24) is 20.1 Å². The second-order valence-electron chi connectivity index (χ2n) is 23.4. The summed E-state index contributed by atoms with van der Waals surface area (Å²) in [6.45, 7) is 31.7. The number of nitrogens with one attached hydrogen (secondary N) is 1. The SMILES string of the molecule is C=C(C)C1CC[C@]2(CCNCCN3CCN(Cc4ccc5ccccc5n4)CC3)CC[C@]3(C)[C@H](CC[C@@H]4[C@@]5(C)CC[C@H](OC(=O)CC(C)(C)C(=O)O)C(C)(C)[C@@H]5CC[C@]43C)[C@@H]12. The van der Waals surface area contributed by atoms with Crippen molar-refractivity contribution in [2.24, 2.45) is 62.1 Å². The van der Waals surface area contributed by atoms with Gasteiger partial charge in [0, 0.05) is 56.6 Å². The topological polar surface area (TPSA) is 95.0 Å². The third-order valence-electron chi connectivity index (χ3n) is 19.5. The lowest BCUT2D eigenvalue weighted by Gasteiger charge is -2.73. The van der Waals surface area contributed by atoms with Gasteiger partial charge in [-0.3, -0.25) is 24.4 Å². The predicted octanol–water partition coefficient (Wildman–Crippen LogP) is 10.4. The fourth-order valence-electron chi connectivity index (χ4n) is 15.8. The molecule has 2 heterocycles. The third-order valence-corrected chi connectivity index (χ3v) is 19.5. The summed E-state index contributed by atoms with van der Waals surface area (Å²) >= 11 is 0. The molecule has 2 N–H and O–H groups in total. The predicted molar refractivity (Wildman–Crippen MR) is 246 cm³/mol. The number of aliphatic carboxylic acids is 1. The molecule has 2 aromatic rings. The molecule has 10 atom stereocenters. The molecule has 61 heavy (non-hydrogen) atoms. The molecular weight excluding hydrogens is 757 g/mol. The zero-order valence-corrected chi connectivity index (χ0v) is 39.3. The van der Waals surface area contributed by atoms with Gasteiger partial charge in [-0.25, -0.2) is 0 Å². The minimum absolute atomic E-state index is 0.0918. The van der Waals surface area contributed by atoms with Gasteiger partial charge < -0.3 is 15.2 Å². The number of nitrogens with zero attached hydrogens (tertiary/aromatic N) is 3. The van der Waals surface area contributed by atoms with Crippen LogP contribution in [0.5, 0.6) is 0 Å². The number of hydrogen-bond acceptors (Lipinski definition) is 7. The van der Waals surface area contributed by atoms with E-state index >= 15 is 0 Å². The Morgan fingerprint density at radius 2 is 1.59 bits per heavy atom. The van der Waals surface area contributed by atoms with Crippen LogP contribution in [0.25, 0.3) is 10.9 Å². The summed E-state index contributed by atoms with van der Waals surface area (Å²) in [5.74, 6) is 1.88. The fourth-order valence-corrected chi connectivity index (χ4v) is 15.8. The number of hydrogen-bond donors (Lipinski definition) is 2. The first-order valence-electron chi connectivity index (χ1n) is 24.4. The van der Waals surface area contributed by atoms with Gasteiger partial charge in [0.15, 0.2) is 0 Å². The van der Waals surface area contributed by atoms with E-state index in [2.05, 4.69) is 99.6 Å². The zero-order valence-electron chi connectivity index (χ0n) is 39.3. The summed E-state index contributed by atoms with van der Waals surface area (Å²) in [5, 5.41) is 14.8. The monoisotopic (exact) mass is 837 g/mol. The van der Waals surface area contributed by atoms with Crippen LogP contribution >= 0.6 is 0 Å². The van der Waals surface area contributed by atoms with Crippen molar-refractivity contribution in [2.75, 3.05) is 45.8 Å². The Labute approximate surface area is 368 Å². The van der Waals surface area contributed by atoms with Gasteiger partial charge in [0.2, 0.25) is 0 Å². The van der Waals surface area contributed by atoms with E-state index in [0.29, 0.717) is 28.6 Å². The number of benzene rings is 1. The Hall–Kier alpha value is -2.81. The average molecular weight is 837 g/mol.